The van der Waals surface area contributed by atoms with Crippen LogP contribution in [0.15, 0.2) is 30.5 Å². The van der Waals surface area contributed by atoms with Crippen molar-refractivity contribution < 1.29 is 10.0 Å². The van der Waals surface area contributed by atoms with Crippen molar-refractivity contribution in [1.82, 2.24) is 0 Å². The predicted molar refractivity (Wildman–Crippen MR) is 53.3 cm³/mol. The number of benzene rings is 1. The maximum Gasteiger partial charge on any atom is 0.235 e. The van der Waals surface area contributed by atoms with E-state index >= 15 is 0 Å². The molecule has 1 aromatic rings. The zero-order valence-electron chi connectivity index (χ0n) is 7.59. The van der Waals surface area contributed by atoms with E-state index in [4.69, 9.17) is 5.11 Å². The van der Waals surface area contributed by atoms with E-state index in [0.717, 1.165) is 17.3 Å². The van der Waals surface area contributed by atoms with Crippen LogP contribution in [-0.4, -0.2) is 16.6 Å². The van der Waals surface area contributed by atoms with Gasteiger partial charge in [0.05, 0.1) is 4.92 Å². The lowest BCUT2D eigenvalue weighted by atomic mass is 10.1. The van der Waals surface area contributed by atoms with Gasteiger partial charge in [-0.05, 0) is 17.5 Å². The number of nitro groups is 1. The van der Waals surface area contributed by atoms with E-state index in [1.165, 1.54) is 6.08 Å². The van der Waals surface area contributed by atoms with Gasteiger partial charge in [-0.2, -0.15) is 0 Å². The maximum atomic E-state index is 10.1. The summed E-state index contributed by atoms with van der Waals surface area (Å²) < 4.78 is 0. The highest BCUT2D eigenvalue weighted by atomic mass is 16.6. The van der Waals surface area contributed by atoms with E-state index in [0.29, 0.717) is 6.42 Å². The number of rotatable bonds is 4. The Morgan fingerprint density at radius 3 is 2.79 bits per heavy atom. The summed E-state index contributed by atoms with van der Waals surface area (Å²) in [4.78, 5) is 9.61. The zero-order chi connectivity index (χ0) is 10.4. The van der Waals surface area contributed by atoms with Gasteiger partial charge in [0, 0.05) is 12.7 Å². The molecule has 0 amide bonds. The van der Waals surface area contributed by atoms with Crippen LogP contribution in [0.2, 0.25) is 0 Å². The van der Waals surface area contributed by atoms with Gasteiger partial charge in [-0.3, -0.25) is 10.1 Å². The van der Waals surface area contributed by atoms with E-state index in [2.05, 4.69) is 0 Å². The van der Waals surface area contributed by atoms with Gasteiger partial charge in [0.2, 0.25) is 6.20 Å². The summed E-state index contributed by atoms with van der Waals surface area (Å²) in [6, 6.07) is 7.27. The Morgan fingerprint density at radius 1 is 1.43 bits per heavy atom. The highest BCUT2D eigenvalue weighted by Crippen LogP contribution is 2.11. The molecule has 0 aliphatic heterocycles. The SMILES string of the molecule is O=[N+]([O-])/C=C/c1ccccc1CCO. The fraction of sp³-hybridized carbons (Fsp3) is 0.200. The average Bonchev–Trinajstić information content (AvgIpc) is 2.17. The third kappa shape index (κ3) is 2.99. The van der Waals surface area contributed by atoms with Crippen LogP contribution in [0, 0.1) is 10.1 Å². The third-order valence-corrected chi connectivity index (χ3v) is 1.81. The van der Waals surface area contributed by atoms with Crippen molar-refractivity contribution in [1.29, 1.82) is 0 Å². The van der Waals surface area contributed by atoms with Crippen molar-refractivity contribution in [2.45, 2.75) is 6.42 Å². The highest BCUT2D eigenvalue weighted by Gasteiger charge is 1.98. The average molecular weight is 193 g/mol. The minimum Gasteiger partial charge on any atom is -0.396 e. The number of aliphatic hydroxyl groups is 1. The molecule has 1 N–H and O–H groups in total. The molecule has 0 saturated heterocycles. The van der Waals surface area contributed by atoms with Gasteiger partial charge in [-0.15, -0.1) is 0 Å². The van der Waals surface area contributed by atoms with E-state index in [9.17, 15) is 10.1 Å². The van der Waals surface area contributed by atoms with Crippen LogP contribution < -0.4 is 0 Å². The molecule has 0 atom stereocenters. The van der Waals surface area contributed by atoms with Crippen LogP contribution in [0.4, 0.5) is 0 Å². The first kappa shape index (κ1) is 10.4. The zero-order valence-corrected chi connectivity index (χ0v) is 7.59. The normalized spacial score (nSPS) is 10.6. The number of hydrogen-bond donors (Lipinski definition) is 1. The number of hydrogen-bond acceptors (Lipinski definition) is 3. The van der Waals surface area contributed by atoms with Crippen LogP contribution in [0.3, 0.4) is 0 Å². The summed E-state index contributed by atoms with van der Waals surface area (Å²) >= 11 is 0. The van der Waals surface area contributed by atoms with E-state index in [1.807, 2.05) is 12.1 Å². The minimum absolute atomic E-state index is 0.0450. The van der Waals surface area contributed by atoms with Gasteiger partial charge in [0.15, 0.2) is 0 Å². The summed E-state index contributed by atoms with van der Waals surface area (Å²) in [6.45, 7) is 0.0450. The first-order valence-corrected chi connectivity index (χ1v) is 4.24. The molecular weight excluding hydrogens is 182 g/mol. The first-order chi connectivity index (χ1) is 6.74. The van der Waals surface area contributed by atoms with Crippen LogP contribution in [-0.2, 0) is 6.42 Å². The fourth-order valence-corrected chi connectivity index (χ4v) is 1.19. The Kier molecular flexibility index (Phi) is 3.82. The third-order valence-electron chi connectivity index (χ3n) is 1.81. The topological polar surface area (TPSA) is 63.4 Å². The molecule has 0 bridgehead atoms. The Balaban J connectivity index is 2.89. The first-order valence-electron chi connectivity index (χ1n) is 4.24. The molecule has 1 aromatic carbocycles. The van der Waals surface area contributed by atoms with Crippen molar-refractivity contribution in [3.05, 3.63) is 51.7 Å². The van der Waals surface area contributed by atoms with Gasteiger partial charge >= 0.3 is 0 Å². The Labute approximate surface area is 81.6 Å². The molecule has 0 spiro atoms. The molecule has 4 nitrogen and oxygen atoms in total. The second-order valence-electron chi connectivity index (χ2n) is 2.77. The lowest BCUT2D eigenvalue weighted by Crippen LogP contribution is -1.93. The van der Waals surface area contributed by atoms with E-state index in [-0.39, 0.29) is 6.61 Å². The molecule has 0 aliphatic rings. The van der Waals surface area contributed by atoms with E-state index < -0.39 is 4.92 Å². The Morgan fingerprint density at radius 2 is 2.14 bits per heavy atom. The largest absolute Gasteiger partial charge is 0.396 e. The molecule has 14 heavy (non-hydrogen) atoms. The Hall–Kier alpha value is -1.68. The smallest absolute Gasteiger partial charge is 0.235 e. The second-order valence-corrected chi connectivity index (χ2v) is 2.77. The van der Waals surface area contributed by atoms with Crippen molar-refractivity contribution in [2.24, 2.45) is 0 Å². The lowest BCUT2D eigenvalue weighted by molar-refractivity contribution is -0.400. The number of nitrogens with zero attached hydrogens (tertiary/aromatic N) is 1. The summed E-state index contributed by atoms with van der Waals surface area (Å²) in [5, 5.41) is 18.9. The summed E-state index contributed by atoms with van der Waals surface area (Å²) in [5.74, 6) is 0. The monoisotopic (exact) mass is 193 g/mol. The van der Waals surface area contributed by atoms with Crippen molar-refractivity contribution in [3.63, 3.8) is 0 Å². The van der Waals surface area contributed by atoms with Gasteiger partial charge in [0.25, 0.3) is 0 Å². The lowest BCUT2D eigenvalue weighted by Gasteiger charge is -2.01. The van der Waals surface area contributed by atoms with Crippen LogP contribution in [0.5, 0.6) is 0 Å². The predicted octanol–water partition coefficient (Wildman–Crippen LogP) is 1.47. The van der Waals surface area contributed by atoms with E-state index in [1.54, 1.807) is 12.1 Å². The van der Waals surface area contributed by atoms with Gasteiger partial charge in [-0.25, -0.2) is 0 Å². The van der Waals surface area contributed by atoms with Gasteiger partial charge in [0.1, 0.15) is 0 Å². The van der Waals surface area contributed by atoms with Crippen molar-refractivity contribution in [3.8, 4) is 0 Å². The molecule has 0 aromatic heterocycles. The second kappa shape index (κ2) is 5.14. The molecule has 0 radical (unpaired) electrons. The minimum atomic E-state index is -0.504. The van der Waals surface area contributed by atoms with Crippen LogP contribution in [0.1, 0.15) is 11.1 Å². The molecule has 0 aliphatic carbocycles. The number of aliphatic hydroxyl groups excluding tert-OH is 1. The molecule has 74 valence electrons. The van der Waals surface area contributed by atoms with Crippen LogP contribution in [0.25, 0.3) is 6.08 Å². The van der Waals surface area contributed by atoms with Crippen molar-refractivity contribution in [2.75, 3.05) is 6.61 Å². The molecule has 0 saturated carbocycles. The molecule has 0 unspecified atom stereocenters. The van der Waals surface area contributed by atoms with Gasteiger partial charge in [-0.1, -0.05) is 24.3 Å². The molecule has 0 heterocycles. The molecular formula is C10H11NO3. The molecule has 4 heteroatoms. The summed E-state index contributed by atoms with van der Waals surface area (Å²) in [5.41, 5.74) is 1.69. The highest BCUT2D eigenvalue weighted by molar-refractivity contribution is 5.52. The quantitative estimate of drug-likeness (QED) is 0.581. The fourth-order valence-electron chi connectivity index (χ4n) is 1.19. The van der Waals surface area contributed by atoms with Crippen molar-refractivity contribution >= 4 is 6.08 Å². The van der Waals surface area contributed by atoms with Gasteiger partial charge < -0.3 is 5.11 Å². The standard InChI is InChI=1S/C10H11NO3/c12-8-6-10-4-2-1-3-9(10)5-7-11(13)14/h1-5,7,12H,6,8H2/b7-5+. The van der Waals surface area contributed by atoms with Crippen LogP contribution >= 0.6 is 0 Å². The summed E-state index contributed by atoms with van der Waals surface area (Å²) in [6.07, 6.45) is 2.85. The maximum absolute atomic E-state index is 10.1. The molecule has 1 rings (SSSR count). The molecule has 0 fully saturated rings. The summed E-state index contributed by atoms with van der Waals surface area (Å²) in [7, 11) is 0. The Bertz CT molecular complexity index is 347.